The molecule has 4 heterocycles. The summed E-state index contributed by atoms with van der Waals surface area (Å²) in [7, 11) is 1.70. The van der Waals surface area contributed by atoms with E-state index in [-0.39, 0.29) is 37.9 Å². The van der Waals surface area contributed by atoms with Crippen LogP contribution >= 0.6 is 0 Å². The number of carbonyl (C=O) groups is 4. The van der Waals surface area contributed by atoms with Crippen LogP contribution in [0.5, 0.6) is 0 Å². The van der Waals surface area contributed by atoms with Crippen LogP contribution in [0.15, 0.2) is 78.9 Å². The van der Waals surface area contributed by atoms with Crippen molar-refractivity contribution in [2.24, 2.45) is 11.8 Å². The largest absolute Gasteiger partial charge is 0.455 e. The van der Waals surface area contributed by atoms with Gasteiger partial charge in [0.05, 0.1) is 24.7 Å². The summed E-state index contributed by atoms with van der Waals surface area (Å²) in [5, 5.41) is 10.1. The van der Waals surface area contributed by atoms with E-state index in [1.807, 2.05) is 67.6 Å². The number of fused-ring (bicyclic) bond motifs is 2. The van der Waals surface area contributed by atoms with Crippen molar-refractivity contribution in [2.45, 2.75) is 63.5 Å². The number of aliphatic hydroxyl groups is 1. The first-order chi connectivity index (χ1) is 23.7. The van der Waals surface area contributed by atoms with E-state index in [0.29, 0.717) is 17.7 Å². The van der Waals surface area contributed by atoms with Crippen LogP contribution in [0.2, 0.25) is 0 Å². The molecule has 0 bridgehead atoms. The molecule has 1 spiro atoms. The highest BCUT2D eigenvalue weighted by atomic mass is 16.6. The van der Waals surface area contributed by atoms with Gasteiger partial charge in [-0.3, -0.25) is 19.2 Å². The van der Waals surface area contributed by atoms with Gasteiger partial charge in [0.25, 0.3) is 5.91 Å². The Bertz CT molecular complexity index is 1610. The molecule has 2 fully saturated rings. The van der Waals surface area contributed by atoms with Gasteiger partial charge in [0, 0.05) is 51.0 Å². The number of rotatable bonds is 7. The van der Waals surface area contributed by atoms with Gasteiger partial charge in [-0.1, -0.05) is 54.6 Å². The summed E-state index contributed by atoms with van der Waals surface area (Å²) >= 11 is 0. The van der Waals surface area contributed by atoms with Crippen molar-refractivity contribution >= 4 is 35.1 Å². The van der Waals surface area contributed by atoms with E-state index in [2.05, 4.69) is 18.7 Å². The second kappa shape index (κ2) is 14.2. The van der Waals surface area contributed by atoms with Crippen LogP contribution in [0.1, 0.15) is 45.3 Å². The van der Waals surface area contributed by atoms with Crippen molar-refractivity contribution in [1.29, 1.82) is 0 Å². The minimum Gasteiger partial charge on any atom is -0.455 e. The molecule has 0 saturated carbocycles. The number of likely N-dealkylation sites (N-methyl/N-ethyl adjacent to an activating group) is 1. The van der Waals surface area contributed by atoms with E-state index in [0.717, 1.165) is 18.8 Å². The standard InChI is InChI=1S/C38H46N4O7/c1-5-40(6-2)27-17-19-28(20-18-27)41-22-12-21-38-32(35(45)42(23-24-43)34(38)36(41)46)31-29(49-38)15-10-11-16-30(44)39(4)25(3)33(48-37(31)47)26-13-8-7-9-14-26/h7-10,12-15,17-21,25,29,31-34,43H,5-6,11,16,22-24H2,1-4H3/b15-10-/t25-,29-,31+,32+,33+,34-,38+/m0/s1. The highest BCUT2D eigenvalue weighted by Gasteiger charge is 2.71. The summed E-state index contributed by atoms with van der Waals surface area (Å²) in [4.78, 5) is 63.5. The van der Waals surface area contributed by atoms with Crippen LogP contribution in [0.3, 0.4) is 0 Å². The number of likely N-dealkylation sites (tertiary alicyclic amines) is 1. The molecule has 49 heavy (non-hydrogen) atoms. The Labute approximate surface area is 287 Å². The number of β-amino-alcohol motifs (C(OH)–C–C–N with tert-alkyl or cyclic N) is 1. The highest BCUT2D eigenvalue weighted by molar-refractivity contribution is 6.05. The molecule has 3 amide bonds. The molecule has 260 valence electrons. The maximum absolute atomic E-state index is 14.6. The average molecular weight is 671 g/mol. The third kappa shape index (κ3) is 6.03. The van der Waals surface area contributed by atoms with Gasteiger partial charge in [0.1, 0.15) is 23.7 Å². The quantitative estimate of drug-likeness (QED) is 0.352. The van der Waals surface area contributed by atoms with Gasteiger partial charge in [-0.25, -0.2) is 0 Å². The molecule has 2 aromatic rings. The summed E-state index contributed by atoms with van der Waals surface area (Å²) in [5.74, 6) is -3.70. The van der Waals surface area contributed by atoms with Crippen molar-refractivity contribution in [3.05, 3.63) is 84.5 Å². The van der Waals surface area contributed by atoms with Gasteiger partial charge in [-0.2, -0.15) is 0 Å². The molecule has 11 nitrogen and oxygen atoms in total. The number of nitrogens with zero attached hydrogens (tertiary/aromatic N) is 4. The fourth-order valence-electron chi connectivity index (χ4n) is 7.90. The number of esters is 1. The van der Waals surface area contributed by atoms with E-state index < -0.39 is 53.6 Å². The molecule has 0 aromatic heterocycles. The van der Waals surface area contributed by atoms with Crippen LogP contribution < -0.4 is 9.80 Å². The van der Waals surface area contributed by atoms with Crippen LogP contribution in [-0.2, 0) is 28.7 Å². The fourth-order valence-corrected chi connectivity index (χ4v) is 7.90. The maximum Gasteiger partial charge on any atom is 0.313 e. The normalized spacial score (nSPS) is 30.9. The summed E-state index contributed by atoms with van der Waals surface area (Å²) in [5.41, 5.74) is 0.930. The first-order valence-corrected chi connectivity index (χ1v) is 17.3. The fraction of sp³-hybridized carbons (Fsp3) is 0.474. The first-order valence-electron chi connectivity index (χ1n) is 17.3. The lowest BCUT2D eigenvalue weighted by Gasteiger charge is -2.35. The van der Waals surface area contributed by atoms with Gasteiger partial charge >= 0.3 is 5.97 Å². The number of hydrogen-bond donors (Lipinski definition) is 1. The lowest BCUT2D eigenvalue weighted by atomic mass is 9.77. The van der Waals surface area contributed by atoms with E-state index >= 15 is 0 Å². The number of amides is 3. The Morgan fingerprint density at radius 2 is 1.67 bits per heavy atom. The van der Waals surface area contributed by atoms with Gasteiger partial charge in [-0.05, 0) is 57.0 Å². The third-order valence-electron chi connectivity index (χ3n) is 10.6. The van der Waals surface area contributed by atoms with Crippen LogP contribution in [0.4, 0.5) is 11.4 Å². The van der Waals surface area contributed by atoms with Crippen molar-refractivity contribution in [1.82, 2.24) is 9.80 Å². The SMILES string of the molecule is CCN(CC)c1ccc(N2CC=C[C@@]34O[C@H]5/C=C\CCC(=O)N(C)[C@@H](C)[C@H](c6ccccc6)OC(=O)[C@H]5[C@@H]3C(=O)N(CCO)[C@H]4C2=O)cc1. The van der Waals surface area contributed by atoms with Gasteiger partial charge in [-0.15, -0.1) is 0 Å². The molecular weight excluding hydrogens is 624 g/mol. The molecule has 0 unspecified atom stereocenters. The smallest absolute Gasteiger partial charge is 0.313 e. The van der Waals surface area contributed by atoms with Crippen LogP contribution in [0.25, 0.3) is 0 Å². The molecule has 2 saturated heterocycles. The van der Waals surface area contributed by atoms with E-state index in [4.69, 9.17) is 9.47 Å². The Kier molecular flexibility index (Phi) is 9.94. The Morgan fingerprint density at radius 3 is 2.35 bits per heavy atom. The van der Waals surface area contributed by atoms with Gasteiger partial charge in [0.2, 0.25) is 11.8 Å². The van der Waals surface area contributed by atoms with Crippen molar-refractivity contribution in [3.8, 4) is 0 Å². The Morgan fingerprint density at radius 1 is 0.959 bits per heavy atom. The number of cyclic esters (lactones) is 1. The van der Waals surface area contributed by atoms with Crippen molar-refractivity contribution in [2.75, 3.05) is 49.6 Å². The number of aliphatic hydroxyl groups excluding tert-OH is 1. The molecule has 4 aliphatic heterocycles. The second-order valence-corrected chi connectivity index (χ2v) is 13.1. The average Bonchev–Trinajstić information content (AvgIpc) is 3.49. The molecule has 11 heteroatoms. The molecule has 1 N–H and O–H groups in total. The molecular formula is C38H46N4O7. The number of hydrogen-bond acceptors (Lipinski definition) is 8. The summed E-state index contributed by atoms with van der Waals surface area (Å²) < 4.78 is 13.1. The zero-order valence-corrected chi connectivity index (χ0v) is 28.6. The molecule has 2 aromatic carbocycles. The van der Waals surface area contributed by atoms with E-state index in [1.165, 1.54) is 4.90 Å². The van der Waals surface area contributed by atoms with Gasteiger partial charge in [0.15, 0.2) is 0 Å². The van der Waals surface area contributed by atoms with Gasteiger partial charge < -0.3 is 34.2 Å². The third-order valence-corrected chi connectivity index (χ3v) is 10.6. The van der Waals surface area contributed by atoms with Crippen LogP contribution in [0, 0.1) is 11.8 Å². The molecule has 0 aliphatic carbocycles. The predicted molar refractivity (Wildman–Crippen MR) is 185 cm³/mol. The predicted octanol–water partition coefficient (Wildman–Crippen LogP) is 3.49. The number of anilines is 2. The molecule has 7 atom stereocenters. The zero-order valence-electron chi connectivity index (χ0n) is 28.6. The lowest BCUT2D eigenvalue weighted by Crippen LogP contribution is -2.55. The summed E-state index contributed by atoms with van der Waals surface area (Å²) in [6.45, 7) is 7.47. The first kappa shape index (κ1) is 34.4. The highest BCUT2D eigenvalue weighted by Crippen LogP contribution is 2.53. The number of ether oxygens (including phenoxy) is 2. The Hall–Kier alpha value is -4.48. The molecule has 6 rings (SSSR count). The number of allylic oxidation sites excluding steroid dienone is 1. The summed E-state index contributed by atoms with van der Waals surface area (Å²) in [6, 6.07) is 15.4. The number of carbonyl (C=O) groups excluding carboxylic acids is 4. The minimum atomic E-state index is -1.49. The topological polar surface area (TPSA) is 120 Å². The Balaban J connectivity index is 1.40. The minimum absolute atomic E-state index is 0.0912. The van der Waals surface area contributed by atoms with E-state index in [1.54, 1.807) is 35.1 Å². The maximum atomic E-state index is 14.6. The monoisotopic (exact) mass is 670 g/mol. The second-order valence-electron chi connectivity index (χ2n) is 13.1. The molecule has 4 aliphatic rings. The number of benzene rings is 2. The molecule has 0 radical (unpaired) electrons. The lowest BCUT2D eigenvalue weighted by molar-refractivity contribution is -0.164. The van der Waals surface area contributed by atoms with E-state index in [9.17, 15) is 24.3 Å². The van der Waals surface area contributed by atoms with Crippen LogP contribution in [-0.4, -0.2) is 102 Å². The zero-order chi connectivity index (χ0) is 34.9. The van der Waals surface area contributed by atoms with Crippen molar-refractivity contribution < 1.29 is 33.8 Å². The van der Waals surface area contributed by atoms with Crippen molar-refractivity contribution in [3.63, 3.8) is 0 Å². The summed E-state index contributed by atoms with van der Waals surface area (Å²) in [6.07, 6.45) is 6.05.